The summed E-state index contributed by atoms with van der Waals surface area (Å²) in [6.07, 6.45) is 0. The molecule has 104 valence electrons. The highest BCUT2D eigenvalue weighted by Crippen LogP contribution is 2.32. The Bertz CT molecular complexity index is 796. The third-order valence-electron chi connectivity index (χ3n) is 3.15. The monoisotopic (exact) mass is 297 g/mol. The van der Waals surface area contributed by atoms with Gasteiger partial charge in [0, 0.05) is 11.1 Å². The van der Waals surface area contributed by atoms with E-state index in [1.165, 1.54) is 17.4 Å². The van der Waals surface area contributed by atoms with Crippen molar-refractivity contribution >= 4 is 17.1 Å². The molecule has 0 radical (unpaired) electrons. The minimum absolute atomic E-state index is 0.133. The van der Waals surface area contributed by atoms with Crippen LogP contribution in [0.2, 0.25) is 0 Å². The van der Waals surface area contributed by atoms with E-state index < -0.39 is 0 Å². The molecular formula is C17H12FNOS. The molecule has 3 aromatic rings. The average molecular weight is 297 g/mol. The molecule has 0 aliphatic rings. The van der Waals surface area contributed by atoms with E-state index in [0.29, 0.717) is 26.7 Å². The maximum atomic E-state index is 13.9. The highest BCUT2D eigenvalue weighted by molar-refractivity contribution is 7.17. The fraction of sp³-hybridized carbons (Fsp3) is 0.0588. The van der Waals surface area contributed by atoms with Crippen LogP contribution in [0, 0.1) is 12.7 Å². The van der Waals surface area contributed by atoms with Gasteiger partial charge in [0.05, 0.1) is 10.6 Å². The Balaban J connectivity index is 2.03. The molecule has 2 aromatic carbocycles. The van der Waals surface area contributed by atoms with E-state index in [-0.39, 0.29) is 11.6 Å². The molecule has 0 aliphatic heterocycles. The van der Waals surface area contributed by atoms with Gasteiger partial charge in [-0.25, -0.2) is 9.37 Å². The van der Waals surface area contributed by atoms with E-state index in [9.17, 15) is 9.18 Å². The normalized spacial score (nSPS) is 10.6. The van der Waals surface area contributed by atoms with E-state index in [0.717, 1.165) is 0 Å². The number of aryl methyl sites for hydroxylation is 1. The third-order valence-corrected chi connectivity index (χ3v) is 4.33. The molecule has 0 bridgehead atoms. The van der Waals surface area contributed by atoms with Crippen LogP contribution in [0.4, 0.5) is 4.39 Å². The predicted molar refractivity (Wildman–Crippen MR) is 82.1 cm³/mol. The predicted octanol–water partition coefficient (Wildman–Crippen LogP) is 4.49. The van der Waals surface area contributed by atoms with E-state index in [1.54, 1.807) is 37.3 Å². The summed E-state index contributed by atoms with van der Waals surface area (Å²) in [6.45, 7) is 1.79. The van der Waals surface area contributed by atoms with Crippen LogP contribution in [0.1, 0.15) is 21.1 Å². The van der Waals surface area contributed by atoms with Crippen LogP contribution < -0.4 is 0 Å². The first kappa shape index (κ1) is 13.6. The first-order valence-corrected chi connectivity index (χ1v) is 7.30. The average Bonchev–Trinajstić information content (AvgIpc) is 2.90. The van der Waals surface area contributed by atoms with Crippen molar-refractivity contribution < 1.29 is 9.18 Å². The Morgan fingerprint density at radius 3 is 2.43 bits per heavy atom. The summed E-state index contributed by atoms with van der Waals surface area (Å²) in [5.74, 6) is -0.436. The van der Waals surface area contributed by atoms with Gasteiger partial charge in [0.25, 0.3) is 0 Å². The lowest BCUT2D eigenvalue weighted by molar-refractivity contribution is 0.103. The molecule has 0 saturated carbocycles. The summed E-state index contributed by atoms with van der Waals surface area (Å²) in [7, 11) is 0. The van der Waals surface area contributed by atoms with Gasteiger partial charge in [-0.15, -0.1) is 11.3 Å². The maximum absolute atomic E-state index is 13.9. The molecule has 0 unspecified atom stereocenters. The van der Waals surface area contributed by atoms with Crippen LogP contribution in [-0.2, 0) is 0 Å². The lowest BCUT2D eigenvalue weighted by Crippen LogP contribution is -1.99. The smallest absolute Gasteiger partial charge is 0.221 e. The summed E-state index contributed by atoms with van der Waals surface area (Å²) in [4.78, 5) is 17.4. The zero-order chi connectivity index (χ0) is 14.8. The number of thiazole rings is 1. The Kier molecular flexibility index (Phi) is 3.62. The summed E-state index contributed by atoms with van der Waals surface area (Å²) in [5.41, 5.74) is 1.75. The Labute approximate surface area is 125 Å². The molecule has 0 spiro atoms. The largest absolute Gasteiger partial charge is 0.286 e. The molecule has 2 nitrogen and oxygen atoms in total. The van der Waals surface area contributed by atoms with Crippen molar-refractivity contribution in [2.24, 2.45) is 0 Å². The molecule has 21 heavy (non-hydrogen) atoms. The number of ketones is 1. The molecule has 0 atom stereocenters. The van der Waals surface area contributed by atoms with Gasteiger partial charge >= 0.3 is 0 Å². The number of rotatable bonds is 3. The Morgan fingerprint density at radius 2 is 1.71 bits per heavy atom. The van der Waals surface area contributed by atoms with Crippen LogP contribution in [0.5, 0.6) is 0 Å². The summed E-state index contributed by atoms with van der Waals surface area (Å²) >= 11 is 1.23. The van der Waals surface area contributed by atoms with E-state index in [2.05, 4.69) is 4.98 Å². The Hall–Kier alpha value is -2.33. The summed E-state index contributed by atoms with van der Waals surface area (Å²) < 4.78 is 13.9. The zero-order valence-corrected chi connectivity index (χ0v) is 12.2. The number of benzene rings is 2. The molecule has 3 rings (SSSR count). The second-order valence-electron chi connectivity index (χ2n) is 4.61. The number of halogens is 1. The SMILES string of the molecule is Cc1nc(C(=O)c2ccccc2)sc1-c1ccccc1F. The van der Waals surface area contributed by atoms with Gasteiger partial charge in [-0.2, -0.15) is 0 Å². The van der Waals surface area contributed by atoms with Gasteiger partial charge in [0.1, 0.15) is 5.82 Å². The van der Waals surface area contributed by atoms with Gasteiger partial charge in [-0.1, -0.05) is 48.5 Å². The number of hydrogen-bond donors (Lipinski definition) is 0. The van der Waals surface area contributed by atoms with Gasteiger partial charge in [-0.3, -0.25) is 4.79 Å². The standard InChI is InChI=1S/C17H12FNOS/c1-11-16(13-9-5-6-10-14(13)18)21-17(19-11)15(20)12-7-3-2-4-8-12/h2-10H,1H3. The molecule has 0 N–H and O–H groups in total. The lowest BCUT2D eigenvalue weighted by atomic mass is 10.1. The van der Waals surface area contributed by atoms with Gasteiger partial charge in [0.2, 0.25) is 5.78 Å². The van der Waals surface area contributed by atoms with E-state index in [4.69, 9.17) is 0 Å². The minimum atomic E-state index is -0.303. The van der Waals surface area contributed by atoms with Gasteiger partial charge in [-0.05, 0) is 13.0 Å². The molecule has 4 heteroatoms. The second kappa shape index (κ2) is 5.58. The number of aromatic nitrogens is 1. The number of carbonyl (C=O) groups is 1. The third kappa shape index (κ3) is 2.62. The molecule has 0 amide bonds. The molecular weight excluding hydrogens is 285 g/mol. The minimum Gasteiger partial charge on any atom is -0.286 e. The van der Waals surface area contributed by atoms with Crippen LogP contribution in [-0.4, -0.2) is 10.8 Å². The summed E-state index contributed by atoms with van der Waals surface area (Å²) in [5, 5.41) is 0.386. The van der Waals surface area contributed by atoms with Gasteiger partial charge < -0.3 is 0 Å². The fourth-order valence-corrected chi connectivity index (χ4v) is 3.16. The molecule has 1 heterocycles. The van der Waals surface area contributed by atoms with Crippen LogP contribution >= 0.6 is 11.3 Å². The first-order chi connectivity index (χ1) is 10.2. The maximum Gasteiger partial charge on any atom is 0.221 e. The van der Waals surface area contributed by atoms with Crippen LogP contribution in [0.3, 0.4) is 0 Å². The van der Waals surface area contributed by atoms with Gasteiger partial charge in [0.15, 0.2) is 5.01 Å². The fourth-order valence-electron chi connectivity index (χ4n) is 2.10. The summed E-state index contributed by atoms with van der Waals surface area (Å²) in [6, 6.07) is 15.5. The highest BCUT2D eigenvalue weighted by Gasteiger charge is 2.18. The topological polar surface area (TPSA) is 30.0 Å². The lowest BCUT2D eigenvalue weighted by Gasteiger charge is -1.99. The first-order valence-electron chi connectivity index (χ1n) is 6.49. The van der Waals surface area contributed by atoms with Crippen molar-refractivity contribution in [2.75, 3.05) is 0 Å². The van der Waals surface area contributed by atoms with Crippen molar-refractivity contribution in [2.45, 2.75) is 6.92 Å². The molecule has 0 aliphatic carbocycles. The van der Waals surface area contributed by atoms with Crippen LogP contribution in [0.25, 0.3) is 10.4 Å². The number of nitrogens with zero attached hydrogens (tertiary/aromatic N) is 1. The number of hydrogen-bond acceptors (Lipinski definition) is 3. The van der Waals surface area contributed by atoms with E-state index >= 15 is 0 Å². The second-order valence-corrected chi connectivity index (χ2v) is 5.61. The molecule has 0 saturated heterocycles. The molecule has 1 aromatic heterocycles. The molecule has 0 fully saturated rings. The van der Waals surface area contributed by atoms with E-state index in [1.807, 2.05) is 18.2 Å². The van der Waals surface area contributed by atoms with Crippen molar-refractivity contribution in [3.63, 3.8) is 0 Å². The quantitative estimate of drug-likeness (QED) is 0.667. The van der Waals surface area contributed by atoms with Crippen LogP contribution in [0.15, 0.2) is 54.6 Å². The number of carbonyl (C=O) groups excluding carboxylic acids is 1. The Morgan fingerprint density at radius 1 is 1.05 bits per heavy atom. The van der Waals surface area contributed by atoms with Crippen molar-refractivity contribution in [3.8, 4) is 10.4 Å². The zero-order valence-electron chi connectivity index (χ0n) is 11.3. The highest BCUT2D eigenvalue weighted by atomic mass is 32.1. The van der Waals surface area contributed by atoms with Crippen molar-refractivity contribution in [3.05, 3.63) is 76.7 Å². The van der Waals surface area contributed by atoms with Crippen molar-refractivity contribution in [1.82, 2.24) is 4.98 Å². The van der Waals surface area contributed by atoms with Crippen molar-refractivity contribution in [1.29, 1.82) is 0 Å².